The lowest BCUT2D eigenvalue weighted by atomic mass is 9.99. The van der Waals surface area contributed by atoms with Gasteiger partial charge in [0.15, 0.2) is 0 Å². The van der Waals surface area contributed by atoms with E-state index in [1.165, 1.54) is 16.7 Å². The maximum Gasteiger partial charge on any atom is 0.218 e. The lowest BCUT2D eigenvalue weighted by Gasteiger charge is -2.08. The maximum absolute atomic E-state index is 10.9. The van der Waals surface area contributed by atoms with E-state index in [1.54, 1.807) is 29.4 Å². The van der Waals surface area contributed by atoms with Crippen LogP contribution in [0.3, 0.4) is 0 Å². The number of carbonyl (C=O) groups is 1. The Hall–Kier alpha value is -1.92. The fourth-order valence-corrected chi connectivity index (χ4v) is 4.46. The molecule has 0 aliphatic rings. The third-order valence-electron chi connectivity index (χ3n) is 3.59. The van der Waals surface area contributed by atoms with Gasteiger partial charge in [-0.1, -0.05) is 23.8 Å². The van der Waals surface area contributed by atoms with Gasteiger partial charge in [0.25, 0.3) is 0 Å². The van der Waals surface area contributed by atoms with Gasteiger partial charge in [-0.3, -0.25) is 4.79 Å². The molecule has 2 aromatic heterocycles. The fourth-order valence-electron chi connectivity index (χ4n) is 2.52. The molecular weight excluding hydrogens is 326 g/mol. The number of primary amides is 1. The number of hydrogen-bond donors (Lipinski definition) is 1. The summed E-state index contributed by atoms with van der Waals surface area (Å²) in [4.78, 5) is 20.7. The van der Waals surface area contributed by atoms with Crippen molar-refractivity contribution in [1.29, 1.82) is 0 Å². The summed E-state index contributed by atoms with van der Waals surface area (Å²) >= 11 is 3.17. The Morgan fingerprint density at radius 2 is 2.09 bits per heavy atom. The number of nitrogens with two attached hydrogens (primary N) is 1. The number of carbonyl (C=O) groups excluding carboxylic acids is 1. The molecule has 3 rings (SSSR count). The molecule has 0 fully saturated rings. The number of aryl methyl sites for hydroxylation is 2. The summed E-state index contributed by atoms with van der Waals surface area (Å²) in [5, 5.41) is 4.11. The topological polar surface area (TPSA) is 68.9 Å². The molecule has 0 aliphatic heterocycles. The molecule has 0 aliphatic carbocycles. The maximum atomic E-state index is 10.9. The number of benzene rings is 1. The van der Waals surface area contributed by atoms with Crippen LogP contribution in [0.4, 0.5) is 0 Å². The van der Waals surface area contributed by atoms with Crippen molar-refractivity contribution >= 4 is 39.2 Å². The van der Waals surface area contributed by atoms with Crippen LogP contribution in [0.2, 0.25) is 0 Å². The Morgan fingerprint density at radius 1 is 1.26 bits per heavy atom. The van der Waals surface area contributed by atoms with Crippen LogP contribution in [-0.4, -0.2) is 21.6 Å². The van der Waals surface area contributed by atoms with E-state index >= 15 is 0 Å². The van der Waals surface area contributed by atoms with E-state index in [0.29, 0.717) is 12.2 Å². The van der Waals surface area contributed by atoms with Crippen molar-refractivity contribution in [3.8, 4) is 11.1 Å². The molecule has 4 nitrogen and oxygen atoms in total. The zero-order valence-electron chi connectivity index (χ0n) is 13.0. The number of aromatic nitrogens is 2. The molecule has 6 heteroatoms. The lowest BCUT2D eigenvalue weighted by molar-refractivity contribution is -0.117. The number of thioether (sulfide) groups is 1. The van der Waals surface area contributed by atoms with Gasteiger partial charge in [-0.15, -0.1) is 23.1 Å². The van der Waals surface area contributed by atoms with Gasteiger partial charge in [0.1, 0.15) is 16.2 Å². The normalized spacial score (nSPS) is 11.0. The highest BCUT2D eigenvalue weighted by Crippen LogP contribution is 2.39. The van der Waals surface area contributed by atoms with Crippen LogP contribution < -0.4 is 5.73 Å². The lowest BCUT2D eigenvalue weighted by Crippen LogP contribution is -2.10. The third-order valence-corrected chi connectivity index (χ3v) is 5.47. The predicted molar refractivity (Wildman–Crippen MR) is 96.9 cm³/mol. The largest absolute Gasteiger partial charge is 0.370 e. The van der Waals surface area contributed by atoms with Crippen molar-refractivity contribution in [2.45, 2.75) is 25.3 Å². The van der Waals surface area contributed by atoms with Crippen molar-refractivity contribution in [1.82, 2.24) is 9.97 Å². The Morgan fingerprint density at radius 3 is 2.83 bits per heavy atom. The fraction of sp³-hybridized carbons (Fsp3) is 0.235. The number of hydrogen-bond acceptors (Lipinski definition) is 5. The standard InChI is InChI=1S/C17H17N3OS2/c1-10-3-4-12(11(2)7-10)13-8-23-17-15(13)16(19-9-20-17)22-6-5-14(18)21/h3-4,7-9H,5-6H2,1-2H3,(H2,18,21). The number of amides is 1. The van der Waals surface area contributed by atoms with Crippen LogP contribution in [0.5, 0.6) is 0 Å². The van der Waals surface area contributed by atoms with Crippen LogP contribution in [0.25, 0.3) is 21.3 Å². The first-order valence-corrected chi connectivity index (χ1v) is 9.13. The quantitative estimate of drug-likeness (QED) is 0.563. The van der Waals surface area contributed by atoms with Crippen LogP contribution in [0.1, 0.15) is 17.5 Å². The van der Waals surface area contributed by atoms with Gasteiger partial charge < -0.3 is 5.73 Å². The number of rotatable bonds is 5. The Balaban J connectivity index is 2.06. The molecule has 2 N–H and O–H groups in total. The molecule has 0 atom stereocenters. The Bertz CT molecular complexity index is 873. The molecule has 0 bridgehead atoms. The highest BCUT2D eigenvalue weighted by Gasteiger charge is 2.15. The average Bonchev–Trinajstić information content (AvgIpc) is 2.92. The zero-order valence-corrected chi connectivity index (χ0v) is 14.6. The summed E-state index contributed by atoms with van der Waals surface area (Å²) in [5.41, 5.74) is 10.1. The van der Waals surface area contributed by atoms with Gasteiger partial charge in [0.05, 0.1) is 5.39 Å². The van der Waals surface area contributed by atoms with E-state index in [2.05, 4.69) is 47.4 Å². The molecule has 0 radical (unpaired) electrons. The minimum absolute atomic E-state index is 0.289. The number of nitrogens with zero attached hydrogens (tertiary/aromatic N) is 2. The second-order valence-corrected chi connectivity index (χ2v) is 7.33. The molecule has 118 valence electrons. The predicted octanol–water partition coefficient (Wildman–Crippen LogP) is 3.94. The monoisotopic (exact) mass is 343 g/mol. The van der Waals surface area contributed by atoms with E-state index in [0.717, 1.165) is 20.8 Å². The summed E-state index contributed by atoms with van der Waals surface area (Å²) < 4.78 is 0. The van der Waals surface area contributed by atoms with Gasteiger partial charge in [-0.25, -0.2) is 9.97 Å². The smallest absolute Gasteiger partial charge is 0.218 e. The van der Waals surface area contributed by atoms with Crippen molar-refractivity contribution in [3.63, 3.8) is 0 Å². The van der Waals surface area contributed by atoms with Crippen LogP contribution in [0.15, 0.2) is 34.9 Å². The van der Waals surface area contributed by atoms with E-state index in [9.17, 15) is 4.79 Å². The highest BCUT2D eigenvalue weighted by atomic mass is 32.2. The average molecular weight is 343 g/mol. The molecule has 2 heterocycles. The van der Waals surface area contributed by atoms with Crippen molar-refractivity contribution in [2.75, 3.05) is 5.75 Å². The Labute approximate surface area is 143 Å². The summed E-state index contributed by atoms with van der Waals surface area (Å²) in [6, 6.07) is 6.45. The molecule has 3 aromatic rings. The van der Waals surface area contributed by atoms with Crippen molar-refractivity contribution in [2.24, 2.45) is 5.73 Å². The highest BCUT2D eigenvalue weighted by molar-refractivity contribution is 7.99. The summed E-state index contributed by atoms with van der Waals surface area (Å²) in [5.74, 6) is 0.339. The second kappa shape index (κ2) is 6.68. The van der Waals surface area contributed by atoms with E-state index in [-0.39, 0.29) is 5.91 Å². The van der Waals surface area contributed by atoms with E-state index in [4.69, 9.17) is 5.73 Å². The zero-order chi connectivity index (χ0) is 16.4. The summed E-state index contributed by atoms with van der Waals surface area (Å²) in [6.45, 7) is 4.21. The van der Waals surface area contributed by atoms with Crippen molar-refractivity contribution < 1.29 is 4.79 Å². The van der Waals surface area contributed by atoms with Crippen LogP contribution in [0, 0.1) is 13.8 Å². The van der Waals surface area contributed by atoms with E-state index < -0.39 is 0 Å². The molecule has 0 unspecified atom stereocenters. The molecule has 0 saturated carbocycles. The Kier molecular flexibility index (Phi) is 4.63. The van der Waals surface area contributed by atoms with E-state index in [1.807, 2.05) is 0 Å². The first-order chi connectivity index (χ1) is 11.1. The van der Waals surface area contributed by atoms with Gasteiger partial charge in [-0.05, 0) is 25.0 Å². The SMILES string of the molecule is Cc1ccc(-c2csc3ncnc(SCCC(N)=O)c23)c(C)c1. The molecule has 1 amide bonds. The van der Waals surface area contributed by atoms with Gasteiger partial charge in [-0.2, -0.15) is 0 Å². The summed E-state index contributed by atoms with van der Waals surface area (Å²) in [7, 11) is 0. The molecule has 1 aromatic carbocycles. The van der Waals surface area contributed by atoms with Gasteiger partial charge >= 0.3 is 0 Å². The molecule has 0 spiro atoms. The minimum Gasteiger partial charge on any atom is -0.370 e. The molecule has 0 saturated heterocycles. The molecular formula is C17H17N3OS2. The number of thiophene rings is 1. The first-order valence-electron chi connectivity index (χ1n) is 7.27. The molecule has 23 heavy (non-hydrogen) atoms. The summed E-state index contributed by atoms with van der Waals surface area (Å²) in [6.07, 6.45) is 1.93. The van der Waals surface area contributed by atoms with Crippen molar-refractivity contribution in [3.05, 3.63) is 41.0 Å². The van der Waals surface area contributed by atoms with Gasteiger partial charge in [0.2, 0.25) is 5.91 Å². The van der Waals surface area contributed by atoms with Crippen LogP contribution >= 0.6 is 23.1 Å². The second-order valence-electron chi connectivity index (χ2n) is 5.39. The first kappa shape index (κ1) is 16.0. The number of fused-ring (bicyclic) bond motifs is 1. The third kappa shape index (κ3) is 3.38. The van der Waals surface area contributed by atoms with Crippen LogP contribution in [-0.2, 0) is 4.79 Å². The minimum atomic E-state index is -0.289. The van der Waals surface area contributed by atoms with Gasteiger partial charge in [0, 0.05) is 23.1 Å².